The molecule has 0 amide bonds. The zero-order valence-electron chi connectivity index (χ0n) is 11.7. The van der Waals surface area contributed by atoms with Gasteiger partial charge in [-0.2, -0.15) is 4.31 Å². The van der Waals surface area contributed by atoms with E-state index >= 15 is 0 Å². The zero-order chi connectivity index (χ0) is 15.8. The molecule has 0 aliphatic rings. The van der Waals surface area contributed by atoms with Crippen molar-refractivity contribution in [1.29, 1.82) is 0 Å². The monoisotopic (exact) mass is 313 g/mol. The maximum absolute atomic E-state index is 12.4. The van der Waals surface area contributed by atoms with Crippen LogP contribution in [0.15, 0.2) is 21.7 Å². The minimum Gasteiger partial charge on any atom is -0.477 e. The number of rotatable bonds is 5. The number of hydrogen-bond donors (Lipinski definition) is 2. The number of aromatic nitrogens is 2. The van der Waals surface area contributed by atoms with Crippen LogP contribution in [0.3, 0.4) is 0 Å². The minimum atomic E-state index is -3.79. The lowest BCUT2D eigenvalue weighted by molar-refractivity contribution is 0.0691. The van der Waals surface area contributed by atoms with Crippen molar-refractivity contribution >= 4 is 16.0 Å². The standard InChI is InChI=1S/C12H15N3O5S/c1-7-10(8(2)20-14-7)6-15(3)21(18,19)9-4-11(12(16)17)13-5-9/h4-5,13H,6H2,1-3H3,(H,16,17). The number of aryl methyl sites for hydroxylation is 2. The molecule has 0 saturated heterocycles. The van der Waals surface area contributed by atoms with Crippen molar-refractivity contribution in [2.45, 2.75) is 25.3 Å². The third-order valence-electron chi connectivity index (χ3n) is 3.16. The zero-order valence-corrected chi connectivity index (χ0v) is 12.6. The summed E-state index contributed by atoms with van der Waals surface area (Å²) in [4.78, 5) is 13.1. The van der Waals surface area contributed by atoms with Gasteiger partial charge in [-0.25, -0.2) is 13.2 Å². The Morgan fingerprint density at radius 1 is 1.48 bits per heavy atom. The Balaban J connectivity index is 2.28. The van der Waals surface area contributed by atoms with Gasteiger partial charge in [0.1, 0.15) is 16.3 Å². The molecule has 2 N–H and O–H groups in total. The van der Waals surface area contributed by atoms with E-state index in [1.807, 2.05) is 0 Å². The molecule has 8 nitrogen and oxygen atoms in total. The molecule has 0 aromatic carbocycles. The third-order valence-corrected chi connectivity index (χ3v) is 4.94. The second-order valence-corrected chi connectivity index (χ2v) is 6.66. The van der Waals surface area contributed by atoms with Crippen LogP contribution in [-0.4, -0.2) is 41.0 Å². The normalized spacial score (nSPS) is 12.0. The molecular formula is C12H15N3O5S. The Morgan fingerprint density at radius 2 is 2.14 bits per heavy atom. The van der Waals surface area contributed by atoms with E-state index in [-0.39, 0.29) is 17.1 Å². The second kappa shape index (κ2) is 5.34. The summed E-state index contributed by atoms with van der Waals surface area (Å²) in [7, 11) is -2.38. The van der Waals surface area contributed by atoms with Gasteiger partial charge < -0.3 is 14.6 Å². The Bertz CT molecular complexity index is 755. The van der Waals surface area contributed by atoms with Crippen LogP contribution in [0.1, 0.15) is 27.5 Å². The number of nitrogens with zero attached hydrogens (tertiary/aromatic N) is 2. The summed E-state index contributed by atoms with van der Waals surface area (Å²) in [6.45, 7) is 3.52. The summed E-state index contributed by atoms with van der Waals surface area (Å²) in [6, 6.07) is 1.08. The fourth-order valence-corrected chi connectivity index (χ4v) is 3.00. The summed E-state index contributed by atoms with van der Waals surface area (Å²) in [6.07, 6.45) is 1.16. The van der Waals surface area contributed by atoms with E-state index in [9.17, 15) is 13.2 Å². The molecule has 2 aromatic heterocycles. The predicted molar refractivity (Wildman–Crippen MR) is 72.4 cm³/mol. The summed E-state index contributed by atoms with van der Waals surface area (Å²) >= 11 is 0. The highest BCUT2D eigenvalue weighted by Gasteiger charge is 2.25. The third kappa shape index (κ3) is 2.83. The molecule has 0 aliphatic carbocycles. The lowest BCUT2D eigenvalue weighted by atomic mass is 10.2. The van der Waals surface area contributed by atoms with Crippen LogP contribution in [0.5, 0.6) is 0 Å². The maximum atomic E-state index is 12.4. The lowest BCUT2D eigenvalue weighted by Gasteiger charge is -2.15. The van der Waals surface area contributed by atoms with Crippen LogP contribution in [0.25, 0.3) is 0 Å². The van der Waals surface area contributed by atoms with Gasteiger partial charge in [0.2, 0.25) is 10.0 Å². The summed E-state index contributed by atoms with van der Waals surface area (Å²) in [5.74, 6) is -0.667. The molecule has 0 atom stereocenters. The predicted octanol–water partition coefficient (Wildman–Crippen LogP) is 1.14. The SMILES string of the molecule is Cc1noc(C)c1CN(C)S(=O)(=O)c1c[nH]c(C(=O)O)c1. The number of aromatic carboxylic acids is 1. The van der Waals surface area contributed by atoms with Gasteiger partial charge in [0.15, 0.2) is 0 Å². The molecule has 0 bridgehead atoms. The molecule has 2 rings (SSSR count). The van der Waals surface area contributed by atoms with E-state index < -0.39 is 16.0 Å². The molecule has 0 saturated carbocycles. The fourth-order valence-electron chi connectivity index (χ4n) is 1.86. The highest BCUT2D eigenvalue weighted by molar-refractivity contribution is 7.89. The first-order chi connectivity index (χ1) is 9.73. The number of sulfonamides is 1. The lowest BCUT2D eigenvalue weighted by Crippen LogP contribution is -2.26. The van der Waals surface area contributed by atoms with Gasteiger partial charge in [-0.15, -0.1) is 0 Å². The summed E-state index contributed by atoms with van der Waals surface area (Å²) in [5.41, 5.74) is 1.13. The average Bonchev–Trinajstić information content (AvgIpc) is 3.01. The van der Waals surface area contributed by atoms with E-state index in [1.165, 1.54) is 7.05 Å². The largest absolute Gasteiger partial charge is 0.477 e. The maximum Gasteiger partial charge on any atom is 0.352 e. The Kier molecular flexibility index (Phi) is 3.88. The highest BCUT2D eigenvalue weighted by atomic mass is 32.2. The van der Waals surface area contributed by atoms with Crippen molar-refractivity contribution in [1.82, 2.24) is 14.4 Å². The summed E-state index contributed by atoms with van der Waals surface area (Å²) < 4.78 is 30.9. The number of aromatic amines is 1. The molecule has 0 spiro atoms. The van der Waals surface area contributed by atoms with Crippen LogP contribution in [0.2, 0.25) is 0 Å². The minimum absolute atomic E-state index is 0.0943. The number of carboxylic acid groups (broad SMARTS) is 1. The van der Waals surface area contributed by atoms with Crippen LogP contribution in [-0.2, 0) is 16.6 Å². The van der Waals surface area contributed by atoms with E-state index in [4.69, 9.17) is 9.63 Å². The van der Waals surface area contributed by atoms with Crippen molar-refractivity contribution in [3.8, 4) is 0 Å². The average molecular weight is 313 g/mol. The van der Waals surface area contributed by atoms with Gasteiger partial charge >= 0.3 is 5.97 Å². The van der Waals surface area contributed by atoms with E-state index in [1.54, 1.807) is 13.8 Å². The quantitative estimate of drug-likeness (QED) is 0.855. The van der Waals surface area contributed by atoms with Gasteiger partial charge in [0.05, 0.1) is 5.69 Å². The first-order valence-corrected chi connectivity index (χ1v) is 7.47. The van der Waals surface area contributed by atoms with Crippen molar-refractivity contribution in [2.24, 2.45) is 0 Å². The first-order valence-electron chi connectivity index (χ1n) is 6.03. The number of hydrogen-bond acceptors (Lipinski definition) is 5. The number of H-pyrrole nitrogens is 1. The fraction of sp³-hybridized carbons (Fsp3) is 0.333. The Labute approximate surface area is 121 Å². The van der Waals surface area contributed by atoms with Crippen molar-refractivity contribution in [3.05, 3.63) is 35.0 Å². The van der Waals surface area contributed by atoms with E-state index in [0.717, 1.165) is 16.6 Å². The van der Waals surface area contributed by atoms with Crippen LogP contribution in [0, 0.1) is 13.8 Å². The smallest absolute Gasteiger partial charge is 0.352 e. The first kappa shape index (κ1) is 15.3. The molecule has 9 heteroatoms. The number of carboxylic acids is 1. The molecule has 21 heavy (non-hydrogen) atoms. The van der Waals surface area contributed by atoms with Gasteiger partial charge in [0.25, 0.3) is 0 Å². The van der Waals surface area contributed by atoms with Crippen LogP contribution < -0.4 is 0 Å². The van der Waals surface area contributed by atoms with Gasteiger partial charge in [-0.3, -0.25) is 0 Å². The van der Waals surface area contributed by atoms with Gasteiger partial charge in [-0.1, -0.05) is 5.16 Å². The Morgan fingerprint density at radius 3 is 2.62 bits per heavy atom. The summed E-state index contributed by atoms with van der Waals surface area (Å²) in [5, 5.41) is 12.6. The van der Waals surface area contributed by atoms with E-state index in [0.29, 0.717) is 17.0 Å². The number of nitrogens with one attached hydrogen (secondary N) is 1. The molecule has 0 unspecified atom stereocenters. The van der Waals surface area contributed by atoms with Gasteiger partial charge in [0, 0.05) is 25.4 Å². The molecule has 2 aromatic rings. The molecule has 2 heterocycles. The van der Waals surface area contributed by atoms with Crippen molar-refractivity contribution in [3.63, 3.8) is 0 Å². The topological polar surface area (TPSA) is 117 Å². The van der Waals surface area contributed by atoms with Crippen molar-refractivity contribution in [2.75, 3.05) is 7.05 Å². The van der Waals surface area contributed by atoms with Crippen LogP contribution in [0.4, 0.5) is 0 Å². The van der Waals surface area contributed by atoms with Crippen LogP contribution >= 0.6 is 0 Å². The molecule has 0 radical (unpaired) electrons. The van der Waals surface area contributed by atoms with Gasteiger partial charge in [-0.05, 0) is 19.9 Å². The number of carbonyl (C=O) groups is 1. The highest BCUT2D eigenvalue weighted by Crippen LogP contribution is 2.20. The van der Waals surface area contributed by atoms with E-state index in [2.05, 4.69) is 10.1 Å². The molecule has 0 fully saturated rings. The molecule has 114 valence electrons. The molecule has 0 aliphatic heterocycles. The molecular weight excluding hydrogens is 298 g/mol. The Hall–Kier alpha value is -2.13. The van der Waals surface area contributed by atoms with Crippen molar-refractivity contribution < 1.29 is 22.8 Å². The second-order valence-electron chi connectivity index (χ2n) is 4.62.